The van der Waals surface area contributed by atoms with E-state index in [-0.39, 0.29) is 12.2 Å². The number of halogens is 4. The molecular formula is C7H10F4O. The zero-order chi connectivity index (χ0) is 9.61. The third-order valence-electron chi connectivity index (χ3n) is 1.07. The lowest BCUT2D eigenvalue weighted by Gasteiger charge is -2.10. The molecule has 5 heteroatoms. The fraction of sp³-hybridized carbons (Fsp3) is 0.714. The fourth-order valence-corrected chi connectivity index (χ4v) is 0.566. The van der Waals surface area contributed by atoms with Crippen LogP contribution in [0.4, 0.5) is 17.6 Å². The van der Waals surface area contributed by atoms with E-state index in [1.807, 2.05) is 0 Å². The molecule has 0 saturated carbocycles. The zero-order valence-electron chi connectivity index (χ0n) is 6.62. The summed E-state index contributed by atoms with van der Waals surface area (Å²) in [6.45, 7) is -0.564. The van der Waals surface area contributed by atoms with Gasteiger partial charge in [-0.05, 0) is 6.08 Å². The standard InChI is InChI=1S/C7H10F4O/c1-2-6(3-4-8)12-5-7(9,10)11/h3H,2,4-5H2,1H3. The van der Waals surface area contributed by atoms with Gasteiger partial charge in [0.2, 0.25) is 0 Å². The van der Waals surface area contributed by atoms with Gasteiger partial charge in [0, 0.05) is 6.42 Å². The molecular weight excluding hydrogens is 176 g/mol. The summed E-state index contributed by atoms with van der Waals surface area (Å²) < 4.78 is 50.5. The number of hydrogen-bond acceptors (Lipinski definition) is 1. The first kappa shape index (κ1) is 11.3. The maximum Gasteiger partial charge on any atom is 0.422 e. The Kier molecular flexibility index (Phi) is 4.70. The maximum absolute atomic E-state index is 11.6. The highest BCUT2D eigenvalue weighted by molar-refractivity contribution is 4.91. The van der Waals surface area contributed by atoms with Crippen LogP contribution in [0.15, 0.2) is 11.8 Å². The molecule has 0 amide bonds. The summed E-state index contributed by atoms with van der Waals surface area (Å²) in [5, 5.41) is 0. The normalized spacial score (nSPS) is 13.2. The van der Waals surface area contributed by atoms with E-state index < -0.39 is 19.5 Å². The van der Waals surface area contributed by atoms with Crippen molar-refractivity contribution < 1.29 is 22.3 Å². The Balaban J connectivity index is 3.81. The highest BCUT2D eigenvalue weighted by Gasteiger charge is 2.28. The van der Waals surface area contributed by atoms with Crippen molar-refractivity contribution in [2.24, 2.45) is 0 Å². The van der Waals surface area contributed by atoms with Gasteiger partial charge in [0.25, 0.3) is 0 Å². The van der Waals surface area contributed by atoms with Crippen molar-refractivity contribution in [1.29, 1.82) is 0 Å². The van der Waals surface area contributed by atoms with E-state index in [4.69, 9.17) is 0 Å². The molecule has 0 radical (unpaired) electrons. The summed E-state index contributed by atoms with van der Waals surface area (Å²) in [5.41, 5.74) is 0. The van der Waals surface area contributed by atoms with Gasteiger partial charge in [0.15, 0.2) is 6.61 Å². The summed E-state index contributed by atoms with van der Waals surface area (Å²) in [5.74, 6) is 0.0369. The molecule has 0 aliphatic rings. The Morgan fingerprint density at radius 1 is 1.42 bits per heavy atom. The van der Waals surface area contributed by atoms with Crippen molar-refractivity contribution in [2.75, 3.05) is 13.3 Å². The minimum absolute atomic E-state index is 0.0369. The number of allylic oxidation sites excluding steroid dienone is 2. The molecule has 0 fully saturated rings. The topological polar surface area (TPSA) is 9.23 Å². The van der Waals surface area contributed by atoms with Crippen molar-refractivity contribution in [2.45, 2.75) is 19.5 Å². The molecule has 0 aliphatic heterocycles. The Labute approximate surface area is 68.0 Å². The molecule has 12 heavy (non-hydrogen) atoms. The third-order valence-corrected chi connectivity index (χ3v) is 1.07. The molecule has 0 atom stereocenters. The van der Waals surface area contributed by atoms with Crippen molar-refractivity contribution in [1.82, 2.24) is 0 Å². The maximum atomic E-state index is 11.6. The molecule has 0 rings (SSSR count). The van der Waals surface area contributed by atoms with Crippen LogP contribution in [-0.2, 0) is 4.74 Å². The van der Waals surface area contributed by atoms with Crippen LogP contribution in [0.2, 0.25) is 0 Å². The van der Waals surface area contributed by atoms with Gasteiger partial charge in [0.1, 0.15) is 6.67 Å². The molecule has 0 bridgehead atoms. The average molecular weight is 186 g/mol. The summed E-state index contributed by atoms with van der Waals surface area (Å²) in [7, 11) is 0. The van der Waals surface area contributed by atoms with Crippen LogP contribution in [-0.4, -0.2) is 19.5 Å². The predicted octanol–water partition coefficient (Wildman–Crippen LogP) is 2.83. The molecule has 0 unspecified atom stereocenters. The van der Waals surface area contributed by atoms with E-state index in [0.29, 0.717) is 0 Å². The molecule has 0 aromatic heterocycles. The summed E-state index contributed by atoms with van der Waals surface area (Å²) in [6, 6.07) is 0. The van der Waals surface area contributed by atoms with Crippen molar-refractivity contribution in [3.8, 4) is 0 Å². The minimum atomic E-state index is -4.36. The molecule has 72 valence electrons. The SMILES string of the molecule is CCC(=CCF)OCC(F)(F)F. The van der Waals surface area contributed by atoms with Crippen molar-refractivity contribution >= 4 is 0 Å². The van der Waals surface area contributed by atoms with E-state index in [2.05, 4.69) is 4.74 Å². The van der Waals surface area contributed by atoms with Gasteiger partial charge < -0.3 is 4.74 Å². The number of ether oxygens (including phenoxy) is 1. The lowest BCUT2D eigenvalue weighted by atomic mass is 10.4. The molecule has 0 spiro atoms. The van der Waals surface area contributed by atoms with Crippen LogP contribution in [0.1, 0.15) is 13.3 Å². The second kappa shape index (κ2) is 5.00. The van der Waals surface area contributed by atoms with Crippen LogP contribution < -0.4 is 0 Å². The van der Waals surface area contributed by atoms with Gasteiger partial charge in [-0.3, -0.25) is 0 Å². The molecule has 0 saturated heterocycles. The Morgan fingerprint density at radius 3 is 2.33 bits per heavy atom. The third kappa shape index (κ3) is 6.00. The second-order valence-electron chi connectivity index (χ2n) is 2.08. The smallest absolute Gasteiger partial charge is 0.422 e. The largest absolute Gasteiger partial charge is 0.489 e. The molecule has 0 aromatic carbocycles. The molecule has 0 heterocycles. The summed E-state index contributed by atoms with van der Waals surface area (Å²) >= 11 is 0. The first-order valence-electron chi connectivity index (χ1n) is 3.44. The minimum Gasteiger partial charge on any atom is -0.489 e. The van der Waals surface area contributed by atoms with E-state index >= 15 is 0 Å². The second-order valence-corrected chi connectivity index (χ2v) is 2.08. The lowest BCUT2D eigenvalue weighted by Crippen LogP contribution is -2.16. The summed E-state index contributed by atoms with van der Waals surface area (Å²) in [4.78, 5) is 0. The first-order chi connectivity index (χ1) is 5.49. The van der Waals surface area contributed by atoms with Crippen molar-refractivity contribution in [3.05, 3.63) is 11.8 Å². The zero-order valence-corrected chi connectivity index (χ0v) is 6.62. The highest BCUT2D eigenvalue weighted by Crippen LogP contribution is 2.17. The van der Waals surface area contributed by atoms with Gasteiger partial charge in [0.05, 0.1) is 5.76 Å². The van der Waals surface area contributed by atoms with E-state index in [1.165, 1.54) is 0 Å². The summed E-state index contributed by atoms with van der Waals surface area (Å²) in [6.07, 6.45) is -3.10. The van der Waals surface area contributed by atoms with Gasteiger partial charge in [-0.25, -0.2) is 4.39 Å². The Morgan fingerprint density at radius 2 is 2.00 bits per heavy atom. The van der Waals surface area contributed by atoms with E-state index in [9.17, 15) is 17.6 Å². The van der Waals surface area contributed by atoms with Crippen LogP contribution in [0.3, 0.4) is 0 Å². The lowest BCUT2D eigenvalue weighted by molar-refractivity contribution is -0.165. The van der Waals surface area contributed by atoms with Crippen molar-refractivity contribution in [3.63, 3.8) is 0 Å². The Bertz CT molecular complexity index is 150. The molecule has 1 nitrogen and oxygen atoms in total. The van der Waals surface area contributed by atoms with Gasteiger partial charge in [-0.15, -0.1) is 0 Å². The van der Waals surface area contributed by atoms with Crippen LogP contribution in [0.25, 0.3) is 0 Å². The van der Waals surface area contributed by atoms with E-state index in [0.717, 1.165) is 6.08 Å². The predicted molar refractivity (Wildman–Crippen MR) is 36.4 cm³/mol. The van der Waals surface area contributed by atoms with Gasteiger partial charge >= 0.3 is 6.18 Å². The number of hydrogen-bond donors (Lipinski definition) is 0. The monoisotopic (exact) mass is 186 g/mol. The van der Waals surface area contributed by atoms with Crippen LogP contribution >= 0.6 is 0 Å². The van der Waals surface area contributed by atoms with Crippen LogP contribution in [0.5, 0.6) is 0 Å². The number of alkyl halides is 4. The number of rotatable bonds is 4. The first-order valence-corrected chi connectivity index (χ1v) is 3.44. The van der Waals surface area contributed by atoms with E-state index in [1.54, 1.807) is 6.92 Å². The fourth-order valence-electron chi connectivity index (χ4n) is 0.566. The average Bonchev–Trinajstić information content (AvgIpc) is 1.96. The Hall–Kier alpha value is -0.740. The van der Waals surface area contributed by atoms with Crippen LogP contribution in [0, 0.1) is 0 Å². The van der Waals surface area contributed by atoms with Gasteiger partial charge in [-0.1, -0.05) is 6.92 Å². The highest BCUT2D eigenvalue weighted by atomic mass is 19.4. The van der Waals surface area contributed by atoms with Gasteiger partial charge in [-0.2, -0.15) is 13.2 Å². The molecule has 0 N–H and O–H groups in total. The molecule has 0 aliphatic carbocycles. The molecule has 0 aromatic rings. The quantitative estimate of drug-likeness (QED) is 0.484.